The molecule has 0 aliphatic carbocycles. The van der Waals surface area contributed by atoms with E-state index in [1.807, 2.05) is 43.3 Å². The summed E-state index contributed by atoms with van der Waals surface area (Å²) < 4.78 is 0. The highest BCUT2D eigenvalue weighted by molar-refractivity contribution is 6.31. The molecule has 0 unspecified atom stereocenters. The maximum absolute atomic E-state index is 13.8. The third-order valence-corrected chi connectivity index (χ3v) is 7.27. The Balaban J connectivity index is 1.54. The summed E-state index contributed by atoms with van der Waals surface area (Å²) in [5.74, 6) is -0.565. The summed E-state index contributed by atoms with van der Waals surface area (Å²) in [5, 5.41) is 19.1. The van der Waals surface area contributed by atoms with Crippen LogP contribution in [0.1, 0.15) is 19.4 Å². The molecule has 5 amide bonds. The van der Waals surface area contributed by atoms with Crippen molar-refractivity contribution in [2.45, 2.75) is 25.6 Å². The Morgan fingerprint density at radius 1 is 0.976 bits per heavy atom. The number of carbonyl (C=O) groups excluding carboxylic acids is 3. The molecule has 3 aromatic rings. The first-order valence-corrected chi connectivity index (χ1v) is 13.6. The van der Waals surface area contributed by atoms with Crippen LogP contribution in [0.25, 0.3) is 0 Å². The van der Waals surface area contributed by atoms with Crippen molar-refractivity contribution >= 4 is 64.4 Å². The molecule has 1 atom stereocenters. The van der Waals surface area contributed by atoms with Gasteiger partial charge in [0.15, 0.2) is 6.17 Å². The Hall–Kier alpha value is -4.32. The van der Waals surface area contributed by atoms with Gasteiger partial charge in [-0.25, -0.2) is 15.0 Å². The first-order chi connectivity index (χ1) is 19.9. The van der Waals surface area contributed by atoms with Crippen molar-refractivity contribution in [1.82, 2.24) is 15.4 Å². The quantitative estimate of drug-likeness (QED) is 0.177. The zero-order valence-corrected chi connectivity index (χ0v) is 25.0. The summed E-state index contributed by atoms with van der Waals surface area (Å²) in [6.07, 6.45) is 0.262. The molecule has 13 heteroatoms. The molecule has 0 aromatic heterocycles. The highest BCUT2D eigenvalue weighted by Crippen LogP contribution is 2.38. The van der Waals surface area contributed by atoms with Gasteiger partial charge in [0, 0.05) is 41.2 Å². The van der Waals surface area contributed by atoms with Gasteiger partial charge in [0.2, 0.25) is 0 Å². The lowest BCUT2D eigenvalue weighted by molar-refractivity contribution is -0.124. The van der Waals surface area contributed by atoms with E-state index >= 15 is 0 Å². The van der Waals surface area contributed by atoms with E-state index in [1.165, 1.54) is 16.0 Å². The lowest BCUT2D eigenvalue weighted by Gasteiger charge is -2.38. The molecule has 3 aromatic carbocycles. The number of halogens is 2. The third-order valence-electron chi connectivity index (χ3n) is 6.76. The topological polar surface area (TPSA) is 121 Å². The highest BCUT2D eigenvalue weighted by atomic mass is 35.5. The van der Waals surface area contributed by atoms with Crippen molar-refractivity contribution in [2.75, 3.05) is 35.8 Å². The molecule has 1 heterocycles. The fourth-order valence-electron chi connectivity index (χ4n) is 4.51. The molecule has 42 heavy (non-hydrogen) atoms. The second kappa shape index (κ2) is 12.7. The van der Waals surface area contributed by atoms with Crippen LogP contribution >= 0.6 is 23.2 Å². The lowest BCUT2D eigenvalue weighted by atomic mass is 9.99. The smallest absolute Gasteiger partial charge is 0.347 e. The molecule has 1 aliphatic heterocycles. The first kappa shape index (κ1) is 30.6. The molecule has 0 spiro atoms. The van der Waals surface area contributed by atoms with Crippen LogP contribution in [0.4, 0.5) is 26.7 Å². The number of amides is 5. The predicted molar refractivity (Wildman–Crippen MR) is 165 cm³/mol. The van der Waals surface area contributed by atoms with Gasteiger partial charge < -0.3 is 15.1 Å². The van der Waals surface area contributed by atoms with Crippen LogP contribution in [0.15, 0.2) is 77.9 Å². The van der Waals surface area contributed by atoms with E-state index in [0.29, 0.717) is 26.5 Å². The molecule has 0 saturated carbocycles. The molecular weight excluding hydrogens is 581 g/mol. The van der Waals surface area contributed by atoms with E-state index in [0.717, 1.165) is 11.3 Å². The second-order valence-electron chi connectivity index (χ2n) is 10.3. The maximum Gasteiger partial charge on any atom is 0.347 e. The van der Waals surface area contributed by atoms with Gasteiger partial charge in [-0.05, 0) is 80.1 Å². The molecule has 0 bridgehead atoms. The third kappa shape index (κ3) is 6.76. The van der Waals surface area contributed by atoms with Crippen molar-refractivity contribution in [2.24, 2.45) is 5.10 Å². The van der Waals surface area contributed by atoms with Crippen molar-refractivity contribution < 1.29 is 19.6 Å². The van der Waals surface area contributed by atoms with Gasteiger partial charge in [-0.2, -0.15) is 10.2 Å². The Morgan fingerprint density at radius 3 is 2.12 bits per heavy atom. The number of rotatable bonds is 8. The van der Waals surface area contributed by atoms with Crippen LogP contribution in [-0.2, 0) is 4.79 Å². The number of hydrogen-bond donors (Lipinski definition) is 3. The van der Waals surface area contributed by atoms with E-state index in [-0.39, 0.29) is 0 Å². The van der Waals surface area contributed by atoms with Gasteiger partial charge in [0.1, 0.15) is 6.54 Å². The zero-order chi connectivity index (χ0) is 30.6. The Morgan fingerprint density at radius 2 is 1.55 bits per heavy atom. The van der Waals surface area contributed by atoms with E-state index in [2.05, 4.69) is 15.8 Å². The standard InChI is InChI=1S/C29H31Cl2N7O4/c1-29(2)26(38(42)27(40)33-22-11-7-20(30)8-12-22)37(24-15-9-21(31)10-16-24)28(41)36(29)18-25(39)34-32-17-19-5-13-23(14-6-19)35(3)4/h5-17,26,42H,18H2,1-4H3,(H,33,40)(H,34,39)/b32-17+/t26-/m1/s1. The Labute approximate surface area is 253 Å². The fraction of sp³-hybridized carbons (Fsp3) is 0.241. The van der Waals surface area contributed by atoms with Crippen molar-refractivity contribution in [3.05, 3.63) is 88.4 Å². The number of nitrogens with one attached hydrogen (secondary N) is 2. The van der Waals surface area contributed by atoms with Gasteiger partial charge in [-0.1, -0.05) is 35.3 Å². The van der Waals surface area contributed by atoms with Gasteiger partial charge in [-0.15, -0.1) is 0 Å². The van der Waals surface area contributed by atoms with Crippen LogP contribution in [-0.4, -0.2) is 71.7 Å². The number of hydrazone groups is 1. The Kier molecular flexibility index (Phi) is 9.25. The summed E-state index contributed by atoms with van der Waals surface area (Å²) in [7, 11) is 3.87. The minimum Gasteiger partial charge on any atom is -0.378 e. The number of anilines is 3. The molecule has 1 aliphatic rings. The molecule has 11 nitrogen and oxygen atoms in total. The van der Waals surface area contributed by atoms with Crippen molar-refractivity contribution in [3.63, 3.8) is 0 Å². The SMILES string of the molecule is CN(C)c1ccc(/C=N/NC(=O)CN2C(=O)N(c3ccc(Cl)cc3)[C@H](N(O)C(=O)Nc3ccc(Cl)cc3)C2(C)C)cc1. The predicted octanol–water partition coefficient (Wildman–Crippen LogP) is 5.48. The Bertz CT molecular complexity index is 1460. The van der Waals surface area contributed by atoms with Gasteiger partial charge in [0.25, 0.3) is 5.91 Å². The molecule has 220 valence electrons. The molecular formula is C29H31Cl2N7O4. The number of carbonyl (C=O) groups is 3. The average molecular weight is 613 g/mol. The molecule has 1 saturated heterocycles. The minimum atomic E-state index is -1.24. The first-order valence-electron chi connectivity index (χ1n) is 12.9. The summed E-state index contributed by atoms with van der Waals surface area (Å²) in [6, 6.07) is 18.7. The lowest BCUT2D eigenvalue weighted by Crippen LogP contribution is -2.58. The normalized spacial score (nSPS) is 16.1. The van der Waals surface area contributed by atoms with E-state index in [1.54, 1.807) is 62.4 Å². The van der Waals surface area contributed by atoms with Gasteiger partial charge in [0.05, 0.1) is 11.8 Å². The van der Waals surface area contributed by atoms with Crippen LogP contribution in [0.2, 0.25) is 10.0 Å². The molecule has 0 radical (unpaired) electrons. The molecule has 3 N–H and O–H groups in total. The van der Waals surface area contributed by atoms with Crippen molar-refractivity contribution in [1.29, 1.82) is 0 Å². The molecule has 1 fully saturated rings. The maximum atomic E-state index is 13.8. The van der Waals surface area contributed by atoms with E-state index < -0.39 is 36.2 Å². The van der Waals surface area contributed by atoms with E-state index in [4.69, 9.17) is 23.2 Å². The largest absolute Gasteiger partial charge is 0.378 e. The average Bonchev–Trinajstić information content (AvgIpc) is 3.14. The number of benzene rings is 3. The van der Waals surface area contributed by atoms with Gasteiger partial charge in [-0.3, -0.25) is 14.9 Å². The molecule has 4 rings (SSSR count). The summed E-state index contributed by atoms with van der Waals surface area (Å²) in [6.45, 7) is 2.90. The van der Waals surface area contributed by atoms with Crippen LogP contribution in [0.5, 0.6) is 0 Å². The number of hydrogen-bond acceptors (Lipinski definition) is 6. The fourth-order valence-corrected chi connectivity index (χ4v) is 4.76. The summed E-state index contributed by atoms with van der Waals surface area (Å²) >= 11 is 12.0. The minimum absolute atomic E-state index is 0.364. The number of urea groups is 2. The second-order valence-corrected chi connectivity index (χ2v) is 11.2. The van der Waals surface area contributed by atoms with Crippen LogP contribution < -0.4 is 20.5 Å². The monoisotopic (exact) mass is 611 g/mol. The number of nitrogens with zero attached hydrogens (tertiary/aromatic N) is 5. The number of hydroxylamine groups is 2. The van der Waals surface area contributed by atoms with Crippen LogP contribution in [0, 0.1) is 0 Å². The van der Waals surface area contributed by atoms with E-state index in [9.17, 15) is 19.6 Å². The van der Waals surface area contributed by atoms with Crippen LogP contribution in [0.3, 0.4) is 0 Å². The summed E-state index contributed by atoms with van der Waals surface area (Å²) in [5.41, 5.74) is 3.74. The van der Waals surface area contributed by atoms with Crippen molar-refractivity contribution in [3.8, 4) is 0 Å². The zero-order valence-electron chi connectivity index (χ0n) is 23.5. The highest BCUT2D eigenvalue weighted by Gasteiger charge is 2.56. The van der Waals surface area contributed by atoms with Gasteiger partial charge >= 0.3 is 12.1 Å². The summed E-state index contributed by atoms with van der Waals surface area (Å²) in [4.78, 5) is 44.3.